The number of ketones is 1. The highest BCUT2D eigenvalue weighted by Gasteiger charge is 2.23. The minimum absolute atomic E-state index is 0.231. The van der Waals surface area contributed by atoms with Crippen LogP contribution in [0.4, 0.5) is 0 Å². The van der Waals surface area contributed by atoms with E-state index in [2.05, 4.69) is 23.6 Å². The minimum Gasteiger partial charge on any atom is -0.298 e. The van der Waals surface area contributed by atoms with Crippen LogP contribution in [-0.4, -0.2) is 60.6 Å². The Kier molecular flexibility index (Phi) is 5.64. The van der Waals surface area contributed by atoms with Crippen molar-refractivity contribution in [1.29, 1.82) is 0 Å². The summed E-state index contributed by atoms with van der Waals surface area (Å²) in [5.41, 5.74) is 0.827. The molecule has 1 aliphatic rings. The van der Waals surface area contributed by atoms with Crippen LogP contribution in [0.1, 0.15) is 24.2 Å². The summed E-state index contributed by atoms with van der Waals surface area (Å²) >= 11 is 1.70. The van der Waals surface area contributed by atoms with E-state index in [1.54, 1.807) is 11.8 Å². The van der Waals surface area contributed by atoms with E-state index in [1.807, 2.05) is 30.5 Å². The third-order valence-corrected chi connectivity index (χ3v) is 4.78. The summed E-state index contributed by atoms with van der Waals surface area (Å²) < 4.78 is 0. The van der Waals surface area contributed by atoms with E-state index in [4.69, 9.17) is 0 Å². The van der Waals surface area contributed by atoms with Gasteiger partial charge in [-0.2, -0.15) is 0 Å². The summed E-state index contributed by atoms with van der Waals surface area (Å²) in [6.45, 7) is 9.13. The van der Waals surface area contributed by atoms with Gasteiger partial charge in [-0.3, -0.25) is 14.6 Å². The molecule has 0 aliphatic carbocycles. The van der Waals surface area contributed by atoms with Crippen molar-refractivity contribution in [2.24, 2.45) is 0 Å². The third kappa shape index (κ3) is 3.84. The summed E-state index contributed by atoms with van der Waals surface area (Å²) in [6, 6.07) is 8.48. The zero-order valence-electron chi connectivity index (χ0n) is 12.6. The van der Waals surface area contributed by atoms with Gasteiger partial charge in [-0.05, 0) is 31.9 Å². The molecule has 0 radical (unpaired) electrons. The Bertz CT molecular complexity index is 446. The molecule has 0 bridgehead atoms. The van der Waals surface area contributed by atoms with Gasteiger partial charge in [0.25, 0.3) is 0 Å². The van der Waals surface area contributed by atoms with Gasteiger partial charge in [0.1, 0.15) is 0 Å². The second kappa shape index (κ2) is 7.25. The number of carbonyl (C=O) groups is 1. The number of hydrogen-bond acceptors (Lipinski definition) is 4. The predicted octanol–water partition coefficient (Wildman–Crippen LogP) is 2.62. The van der Waals surface area contributed by atoms with E-state index in [-0.39, 0.29) is 5.78 Å². The molecular formula is C16H24N2OS. The van der Waals surface area contributed by atoms with Crippen molar-refractivity contribution in [3.63, 3.8) is 0 Å². The first-order chi connectivity index (χ1) is 9.63. The number of hydrogen-bond donors (Lipinski definition) is 0. The van der Waals surface area contributed by atoms with Gasteiger partial charge in [0, 0.05) is 36.1 Å². The van der Waals surface area contributed by atoms with E-state index < -0.39 is 0 Å². The fourth-order valence-electron chi connectivity index (χ4n) is 2.76. The molecule has 1 saturated heterocycles. The summed E-state index contributed by atoms with van der Waals surface area (Å²) in [6.07, 6.45) is 2.05. The van der Waals surface area contributed by atoms with E-state index in [0.717, 1.165) is 31.7 Å². The number of Topliss-reactive ketones (excluding diaryl/α,β-unsaturated/α-hetero) is 1. The van der Waals surface area contributed by atoms with Gasteiger partial charge in [0.15, 0.2) is 5.78 Å². The van der Waals surface area contributed by atoms with Crippen molar-refractivity contribution in [2.45, 2.75) is 24.8 Å². The van der Waals surface area contributed by atoms with Gasteiger partial charge >= 0.3 is 0 Å². The van der Waals surface area contributed by atoms with E-state index in [9.17, 15) is 4.79 Å². The highest BCUT2D eigenvalue weighted by molar-refractivity contribution is 7.98. The van der Waals surface area contributed by atoms with Gasteiger partial charge < -0.3 is 0 Å². The topological polar surface area (TPSA) is 23.6 Å². The maximum Gasteiger partial charge on any atom is 0.176 e. The number of rotatable bonds is 5. The van der Waals surface area contributed by atoms with Crippen LogP contribution in [0, 0.1) is 0 Å². The van der Waals surface area contributed by atoms with Crippen molar-refractivity contribution < 1.29 is 4.79 Å². The van der Waals surface area contributed by atoms with Crippen LogP contribution in [-0.2, 0) is 0 Å². The van der Waals surface area contributed by atoms with E-state index >= 15 is 0 Å². The third-order valence-electron chi connectivity index (χ3n) is 4.03. The Morgan fingerprint density at radius 3 is 2.55 bits per heavy atom. The molecule has 1 aromatic carbocycles. The first-order valence-electron chi connectivity index (χ1n) is 7.27. The average Bonchev–Trinajstić information content (AvgIpc) is 2.47. The van der Waals surface area contributed by atoms with Gasteiger partial charge in [-0.1, -0.05) is 19.1 Å². The molecule has 3 nitrogen and oxygen atoms in total. The first kappa shape index (κ1) is 15.5. The van der Waals surface area contributed by atoms with Gasteiger partial charge in [-0.25, -0.2) is 0 Å². The normalized spacial score (nSPS) is 21.1. The summed E-state index contributed by atoms with van der Waals surface area (Å²) in [7, 11) is 0. The lowest BCUT2D eigenvalue weighted by Gasteiger charge is -2.39. The maximum absolute atomic E-state index is 12.3. The number of likely N-dealkylation sites (N-methyl/N-ethyl adjacent to an activating group) is 1. The van der Waals surface area contributed by atoms with Crippen molar-refractivity contribution in [3.8, 4) is 0 Å². The van der Waals surface area contributed by atoms with Crippen molar-refractivity contribution in [2.75, 3.05) is 39.0 Å². The largest absolute Gasteiger partial charge is 0.298 e. The molecule has 110 valence electrons. The quantitative estimate of drug-likeness (QED) is 0.615. The fraction of sp³-hybridized carbons (Fsp3) is 0.562. The Morgan fingerprint density at radius 2 is 2.00 bits per heavy atom. The van der Waals surface area contributed by atoms with Crippen LogP contribution in [0.3, 0.4) is 0 Å². The molecule has 1 unspecified atom stereocenters. The van der Waals surface area contributed by atoms with Gasteiger partial charge in [0.05, 0.1) is 6.54 Å². The summed E-state index contributed by atoms with van der Waals surface area (Å²) in [5, 5.41) is 0. The standard InChI is InChI=1S/C16H24N2OS/c1-4-18-10-9-17(11-13(18)2)12-16(19)14-5-7-15(20-3)8-6-14/h5-8,13H,4,9-12H2,1-3H3. The van der Waals surface area contributed by atoms with Crippen molar-refractivity contribution in [1.82, 2.24) is 9.80 Å². The lowest BCUT2D eigenvalue weighted by molar-refractivity contribution is 0.0723. The molecule has 0 saturated carbocycles. The van der Waals surface area contributed by atoms with Crippen LogP contribution in [0.15, 0.2) is 29.2 Å². The first-order valence-corrected chi connectivity index (χ1v) is 8.50. The van der Waals surface area contributed by atoms with Crippen LogP contribution >= 0.6 is 11.8 Å². The Morgan fingerprint density at radius 1 is 1.30 bits per heavy atom. The molecule has 0 N–H and O–H groups in total. The Hall–Kier alpha value is -0.840. The smallest absolute Gasteiger partial charge is 0.176 e. The number of nitrogens with zero attached hydrogens (tertiary/aromatic N) is 2. The highest BCUT2D eigenvalue weighted by Crippen LogP contribution is 2.16. The zero-order chi connectivity index (χ0) is 14.5. The predicted molar refractivity (Wildman–Crippen MR) is 85.7 cm³/mol. The Labute approximate surface area is 126 Å². The molecule has 20 heavy (non-hydrogen) atoms. The van der Waals surface area contributed by atoms with Crippen molar-refractivity contribution >= 4 is 17.5 Å². The average molecular weight is 292 g/mol. The summed E-state index contributed by atoms with van der Waals surface area (Å²) in [4.78, 5) is 18.3. The molecule has 1 aliphatic heterocycles. The molecule has 1 heterocycles. The Balaban J connectivity index is 1.91. The number of benzene rings is 1. The molecule has 4 heteroatoms. The van der Waals surface area contributed by atoms with Gasteiger partial charge in [-0.15, -0.1) is 11.8 Å². The zero-order valence-corrected chi connectivity index (χ0v) is 13.4. The molecule has 1 aromatic rings. The monoisotopic (exact) mass is 292 g/mol. The SMILES string of the molecule is CCN1CCN(CC(=O)c2ccc(SC)cc2)CC1C. The second-order valence-corrected chi connectivity index (χ2v) is 6.24. The molecule has 0 amide bonds. The molecule has 1 atom stereocenters. The lowest BCUT2D eigenvalue weighted by atomic mass is 10.1. The second-order valence-electron chi connectivity index (χ2n) is 5.36. The lowest BCUT2D eigenvalue weighted by Crippen LogP contribution is -2.52. The summed E-state index contributed by atoms with van der Waals surface area (Å²) in [5.74, 6) is 0.231. The van der Waals surface area contributed by atoms with Crippen LogP contribution in [0.2, 0.25) is 0 Å². The van der Waals surface area contributed by atoms with Crippen molar-refractivity contribution in [3.05, 3.63) is 29.8 Å². The minimum atomic E-state index is 0.231. The highest BCUT2D eigenvalue weighted by atomic mass is 32.2. The number of carbonyl (C=O) groups excluding carboxylic acids is 1. The molecule has 1 fully saturated rings. The number of thioether (sulfide) groups is 1. The van der Waals surface area contributed by atoms with E-state index in [0.29, 0.717) is 12.6 Å². The van der Waals surface area contributed by atoms with Crippen LogP contribution in [0.25, 0.3) is 0 Å². The molecule has 0 aromatic heterocycles. The van der Waals surface area contributed by atoms with E-state index in [1.165, 1.54) is 4.90 Å². The number of piperazine rings is 1. The maximum atomic E-state index is 12.3. The molecular weight excluding hydrogens is 268 g/mol. The molecule has 0 spiro atoms. The van der Waals surface area contributed by atoms with Crippen LogP contribution < -0.4 is 0 Å². The molecule has 2 rings (SSSR count). The van der Waals surface area contributed by atoms with Gasteiger partial charge in [0.2, 0.25) is 0 Å². The van der Waals surface area contributed by atoms with Crippen LogP contribution in [0.5, 0.6) is 0 Å². The fourth-order valence-corrected chi connectivity index (χ4v) is 3.16.